The molecule has 0 saturated carbocycles. The van der Waals surface area contributed by atoms with Crippen molar-refractivity contribution in [3.8, 4) is 17.4 Å². The minimum atomic E-state index is -3.11. The van der Waals surface area contributed by atoms with E-state index in [2.05, 4.69) is 5.32 Å². The second-order valence-electron chi connectivity index (χ2n) is 5.95. The van der Waals surface area contributed by atoms with Gasteiger partial charge in [-0.15, -0.1) is 0 Å². The monoisotopic (exact) mass is 390 g/mol. The second-order valence-corrected chi connectivity index (χ2v) is 8.62. The summed E-state index contributed by atoms with van der Waals surface area (Å²) in [4.78, 5) is 12.2. The zero-order valence-corrected chi connectivity index (χ0v) is 15.2. The minimum Gasteiger partial charge on any atom is -0.457 e. The van der Waals surface area contributed by atoms with Gasteiger partial charge in [0.15, 0.2) is 9.84 Å². The molecule has 0 radical (unpaired) electrons. The SMILES string of the molecule is N#CC(=Cc1ccc(-c2ccc(Cl)cc2)o1)C(=O)NC1CCS(=O)(=O)C1. The summed E-state index contributed by atoms with van der Waals surface area (Å²) in [5, 5.41) is 12.4. The molecule has 1 aromatic carbocycles. The van der Waals surface area contributed by atoms with Crippen LogP contribution in [-0.4, -0.2) is 31.9 Å². The van der Waals surface area contributed by atoms with E-state index in [-0.39, 0.29) is 17.1 Å². The van der Waals surface area contributed by atoms with Gasteiger partial charge in [-0.1, -0.05) is 11.6 Å². The molecule has 1 aliphatic heterocycles. The Morgan fingerprint density at radius 2 is 2.00 bits per heavy atom. The van der Waals surface area contributed by atoms with Gasteiger partial charge in [0, 0.05) is 22.7 Å². The van der Waals surface area contributed by atoms with E-state index in [1.165, 1.54) is 6.08 Å². The highest BCUT2D eigenvalue weighted by Gasteiger charge is 2.29. The Morgan fingerprint density at radius 1 is 1.27 bits per heavy atom. The van der Waals surface area contributed by atoms with Crippen molar-refractivity contribution >= 4 is 33.4 Å². The number of sulfone groups is 1. The molecule has 1 aromatic heterocycles. The number of carbonyl (C=O) groups is 1. The third-order valence-electron chi connectivity index (χ3n) is 3.97. The van der Waals surface area contributed by atoms with Gasteiger partial charge in [-0.05, 0) is 42.8 Å². The van der Waals surface area contributed by atoms with Crippen LogP contribution in [0.5, 0.6) is 0 Å². The molecule has 0 aliphatic carbocycles. The molecule has 2 aromatic rings. The number of rotatable bonds is 4. The lowest BCUT2D eigenvalue weighted by molar-refractivity contribution is -0.117. The van der Waals surface area contributed by atoms with Gasteiger partial charge in [0.2, 0.25) is 0 Å². The quantitative estimate of drug-likeness (QED) is 0.639. The fourth-order valence-corrected chi connectivity index (χ4v) is 4.46. The molecule has 0 spiro atoms. The topological polar surface area (TPSA) is 100 Å². The summed E-state index contributed by atoms with van der Waals surface area (Å²) in [6, 6.07) is 11.8. The zero-order chi connectivity index (χ0) is 18.7. The zero-order valence-electron chi connectivity index (χ0n) is 13.6. The van der Waals surface area contributed by atoms with Crippen LogP contribution in [0, 0.1) is 11.3 Å². The van der Waals surface area contributed by atoms with Crippen LogP contribution in [0.15, 0.2) is 46.4 Å². The maximum absolute atomic E-state index is 12.2. The number of nitrogens with zero attached hydrogens (tertiary/aromatic N) is 1. The average molecular weight is 391 g/mol. The summed E-state index contributed by atoms with van der Waals surface area (Å²) >= 11 is 5.86. The van der Waals surface area contributed by atoms with Gasteiger partial charge in [0.25, 0.3) is 5.91 Å². The molecular formula is C18H15ClN2O4S. The summed E-state index contributed by atoms with van der Waals surface area (Å²) < 4.78 is 28.6. The van der Waals surface area contributed by atoms with Crippen molar-refractivity contribution in [3.63, 3.8) is 0 Å². The minimum absolute atomic E-state index is 0.0478. The van der Waals surface area contributed by atoms with Crippen molar-refractivity contribution in [1.29, 1.82) is 5.26 Å². The molecule has 1 atom stereocenters. The van der Waals surface area contributed by atoms with Crippen molar-refractivity contribution in [3.05, 3.63) is 52.8 Å². The lowest BCUT2D eigenvalue weighted by Gasteiger charge is -2.09. The highest BCUT2D eigenvalue weighted by molar-refractivity contribution is 7.91. The summed E-state index contributed by atoms with van der Waals surface area (Å²) in [7, 11) is -3.11. The van der Waals surface area contributed by atoms with Gasteiger partial charge in [0.05, 0.1) is 11.5 Å². The van der Waals surface area contributed by atoms with Crippen molar-refractivity contribution in [2.75, 3.05) is 11.5 Å². The van der Waals surface area contributed by atoms with E-state index in [1.54, 1.807) is 36.4 Å². The number of nitriles is 1. The molecule has 2 heterocycles. The molecule has 0 bridgehead atoms. The molecule has 134 valence electrons. The average Bonchev–Trinajstić information content (AvgIpc) is 3.19. The second kappa shape index (κ2) is 7.36. The Kier molecular flexibility index (Phi) is 5.16. The number of amides is 1. The predicted octanol–water partition coefficient (Wildman–Crippen LogP) is 2.81. The molecule has 6 nitrogen and oxygen atoms in total. The largest absolute Gasteiger partial charge is 0.457 e. The van der Waals surface area contributed by atoms with Crippen molar-refractivity contribution < 1.29 is 17.6 Å². The molecule has 1 amide bonds. The van der Waals surface area contributed by atoms with Crippen LogP contribution >= 0.6 is 11.6 Å². The van der Waals surface area contributed by atoms with Crippen LogP contribution in [0.3, 0.4) is 0 Å². The van der Waals surface area contributed by atoms with E-state index in [4.69, 9.17) is 16.0 Å². The first-order valence-corrected chi connectivity index (χ1v) is 10.0. The van der Waals surface area contributed by atoms with Crippen LogP contribution in [0.4, 0.5) is 0 Å². The Labute approximate surface area is 156 Å². The third kappa shape index (κ3) is 4.34. The number of furan rings is 1. The summed E-state index contributed by atoms with van der Waals surface area (Å²) in [6.07, 6.45) is 1.69. The number of nitrogens with one attached hydrogen (secondary N) is 1. The van der Waals surface area contributed by atoms with Crippen LogP contribution in [0.2, 0.25) is 5.02 Å². The standard InChI is InChI=1S/C18H15ClN2O4S/c19-14-3-1-12(2-4-14)17-6-5-16(25-17)9-13(10-20)18(22)21-15-7-8-26(23,24)11-15/h1-6,9,15H,7-8,11H2,(H,21,22). The molecule has 1 saturated heterocycles. The number of benzene rings is 1. The van der Waals surface area contributed by atoms with Gasteiger partial charge < -0.3 is 9.73 Å². The molecule has 26 heavy (non-hydrogen) atoms. The van der Waals surface area contributed by atoms with Crippen molar-refractivity contribution in [2.45, 2.75) is 12.5 Å². The number of hydrogen-bond donors (Lipinski definition) is 1. The van der Waals surface area contributed by atoms with E-state index in [0.717, 1.165) is 5.56 Å². The van der Waals surface area contributed by atoms with E-state index in [0.29, 0.717) is 23.0 Å². The van der Waals surface area contributed by atoms with Crippen LogP contribution in [0.1, 0.15) is 12.2 Å². The third-order valence-corrected chi connectivity index (χ3v) is 5.99. The number of halogens is 1. The highest BCUT2D eigenvalue weighted by Crippen LogP contribution is 2.25. The summed E-state index contributed by atoms with van der Waals surface area (Å²) in [5.74, 6) is 0.262. The Bertz CT molecular complexity index is 1000. The Hall–Kier alpha value is -2.56. The van der Waals surface area contributed by atoms with Crippen LogP contribution < -0.4 is 5.32 Å². The molecule has 8 heteroatoms. The molecule has 1 unspecified atom stereocenters. The molecule has 1 N–H and O–H groups in total. The predicted molar refractivity (Wildman–Crippen MR) is 97.9 cm³/mol. The van der Waals surface area contributed by atoms with Crippen molar-refractivity contribution in [2.24, 2.45) is 0 Å². The van der Waals surface area contributed by atoms with Gasteiger partial charge >= 0.3 is 0 Å². The van der Waals surface area contributed by atoms with Crippen molar-refractivity contribution in [1.82, 2.24) is 5.32 Å². The first kappa shape index (κ1) is 18.2. The normalized spacial score (nSPS) is 19.1. The van der Waals surface area contributed by atoms with E-state index < -0.39 is 21.8 Å². The maximum atomic E-state index is 12.2. The van der Waals surface area contributed by atoms with Crippen LogP contribution in [0.25, 0.3) is 17.4 Å². The molecular weight excluding hydrogens is 376 g/mol. The van der Waals surface area contributed by atoms with E-state index >= 15 is 0 Å². The van der Waals surface area contributed by atoms with Crippen LogP contribution in [-0.2, 0) is 14.6 Å². The summed E-state index contributed by atoms with van der Waals surface area (Å²) in [6.45, 7) is 0. The van der Waals surface area contributed by atoms with Gasteiger partial charge in [-0.2, -0.15) is 5.26 Å². The Balaban J connectivity index is 1.74. The fourth-order valence-electron chi connectivity index (χ4n) is 2.66. The number of hydrogen-bond acceptors (Lipinski definition) is 5. The highest BCUT2D eigenvalue weighted by atomic mass is 35.5. The van der Waals surface area contributed by atoms with Gasteiger partial charge in [-0.3, -0.25) is 4.79 Å². The lowest BCUT2D eigenvalue weighted by atomic mass is 10.2. The number of carbonyl (C=O) groups excluding carboxylic acids is 1. The fraction of sp³-hybridized carbons (Fsp3) is 0.222. The lowest BCUT2D eigenvalue weighted by Crippen LogP contribution is -2.36. The molecule has 3 rings (SSSR count). The van der Waals surface area contributed by atoms with E-state index in [1.807, 2.05) is 6.07 Å². The molecule has 1 aliphatic rings. The summed E-state index contributed by atoms with van der Waals surface area (Å²) in [5.41, 5.74) is 0.666. The van der Waals surface area contributed by atoms with Gasteiger partial charge in [-0.25, -0.2) is 8.42 Å². The molecule has 1 fully saturated rings. The maximum Gasteiger partial charge on any atom is 0.262 e. The van der Waals surface area contributed by atoms with E-state index in [9.17, 15) is 18.5 Å². The smallest absolute Gasteiger partial charge is 0.262 e. The Morgan fingerprint density at radius 3 is 2.62 bits per heavy atom. The first-order chi connectivity index (χ1) is 12.4. The van der Waals surface area contributed by atoms with Gasteiger partial charge in [0.1, 0.15) is 23.2 Å². The first-order valence-electron chi connectivity index (χ1n) is 7.85.